The Kier molecular flexibility index (Phi) is 5.02. The van der Waals surface area contributed by atoms with E-state index in [1.54, 1.807) is 6.07 Å². The summed E-state index contributed by atoms with van der Waals surface area (Å²) in [6.45, 7) is 6.70. The fourth-order valence-corrected chi connectivity index (χ4v) is 3.16. The quantitative estimate of drug-likeness (QED) is 0.706. The molecule has 3 rings (SSSR count). The van der Waals surface area contributed by atoms with Crippen molar-refractivity contribution in [3.8, 4) is 0 Å². The summed E-state index contributed by atoms with van der Waals surface area (Å²) in [5.74, 6) is -1.57. The van der Waals surface area contributed by atoms with Crippen molar-refractivity contribution >= 4 is 5.91 Å². The molecule has 1 aromatic carbocycles. The van der Waals surface area contributed by atoms with Gasteiger partial charge in [0.2, 0.25) is 0 Å². The minimum atomic E-state index is -4.67. The van der Waals surface area contributed by atoms with Gasteiger partial charge in [-0.3, -0.25) is 14.2 Å². The van der Waals surface area contributed by atoms with Crippen molar-refractivity contribution in [2.75, 3.05) is 0 Å². The summed E-state index contributed by atoms with van der Waals surface area (Å²) >= 11 is 0. The average molecular weight is 397 g/mol. The van der Waals surface area contributed by atoms with Crippen LogP contribution in [-0.2, 0) is 25.2 Å². The van der Waals surface area contributed by atoms with Crippen LogP contribution in [0.15, 0.2) is 29.3 Å². The minimum Gasteiger partial charge on any atom is -0.291 e. The Balaban J connectivity index is 2.09. The molecule has 2 aromatic rings. The lowest BCUT2D eigenvalue weighted by Crippen LogP contribution is -2.26. The van der Waals surface area contributed by atoms with Crippen LogP contribution in [0.25, 0.3) is 0 Å². The first kappa shape index (κ1) is 20.4. The fourth-order valence-electron chi connectivity index (χ4n) is 3.16. The van der Waals surface area contributed by atoms with Crippen LogP contribution in [0, 0.1) is 11.7 Å². The molecule has 1 aromatic heterocycles. The molecule has 4 nitrogen and oxygen atoms in total. The molecule has 0 radical (unpaired) electrons. The maximum Gasteiger partial charge on any atom is 0.416 e. The van der Waals surface area contributed by atoms with E-state index >= 15 is 0 Å². The highest BCUT2D eigenvalue weighted by Gasteiger charge is 2.32. The summed E-state index contributed by atoms with van der Waals surface area (Å²) in [6, 6.07) is 3.51. The molecule has 1 amide bonds. The van der Waals surface area contributed by atoms with Gasteiger partial charge in [-0.25, -0.2) is 4.39 Å². The van der Waals surface area contributed by atoms with Crippen molar-refractivity contribution < 1.29 is 22.4 Å². The number of alkyl halides is 3. The summed E-state index contributed by atoms with van der Waals surface area (Å²) in [7, 11) is 1.86. The van der Waals surface area contributed by atoms with E-state index in [4.69, 9.17) is 0 Å². The lowest BCUT2D eigenvalue weighted by atomic mass is 9.92. The van der Waals surface area contributed by atoms with Crippen LogP contribution in [0.3, 0.4) is 0 Å². The molecule has 8 heteroatoms. The molecule has 0 bridgehead atoms. The predicted molar refractivity (Wildman–Crippen MR) is 96.1 cm³/mol. The van der Waals surface area contributed by atoms with Crippen LogP contribution in [0.4, 0.5) is 17.6 Å². The number of hydrogen-bond donors (Lipinski definition) is 0. The molecule has 0 saturated heterocycles. The maximum atomic E-state index is 14.0. The Morgan fingerprint density at radius 1 is 1.18 bits per heavy atom. The number of hydrogen-bond acceptors (Lipinski definition) is 1. The first-order chi connectivity index (χ1) is 12.9. The molecule has 0 unspecified atom stereocenters. The summed E-state index contributed by atoms with van der Waals surface area (Å²) in [4.78, 5) is 16.5. The third-order valence-electron chi connectivity index (χ3n) is 4.88. The normalized spacial score (nSPS) is 15.9. The number of benzene rings is 1. The maximum absolute atomic E-state index is 14.0. The van der Waals surface area contributed by atoms with E-state index in [9.17, 15) is 22.4 Å². The van der Waals surface area contributed by atoms with Gasteiger partial charge < -0.3 is 0 Å². The molecular formula is C20H23F4N3O. The van der Waals surface area contributed by atoms with Gasteiger partial charge >= 0.3 is 6.18 Å². The Morgan fingerprint density at radius 2 is 1.82 bits per heavy atom. The number of aromatic nitrogens is 2. The molecule has 1 fully saturated rings. The highest BCUT2D eigenvalue weighted by atomic mass is 19.4. The van der Waals surface area contributed by atoms with Crippen LogP contribution in [0.1, 0.15) is 55.2 Å². The Labute approximate surface area is 160 Å². The molecule has 28 heavy (non-hydrogen) atoms. The summed E-state index contributed by atoms with van der Waals surface area (Å²) in [5, 5.41) is 0. The van der Waals surface area contributed by atoms with Crippen LogP contribution >= 0.6 is 0 Å². The summed E-state index contributed by atoms with van der Waals surface area (Å²) in [6.07, 6.45) is -2.50. The van der Waals surface area contributed by atoms with E-state index in [0.717, 1.165) is 18.5 Å². The molecule has 1 aliphatic rings. The van der Waals surface area contributed by atoms with Gasteiger partial charge in [-0.2, -0.15) is 18.2 Å². The van der Waals surface area contributed by atoms with Crippen LogP contribution < -0.4 is 5.49 Å². The van der Waals surface area contributed by atoms with E-state index in [1.165, 1.54) is 0 Å². The first-order valence-corrected chi connectivity index (χ1v) is 9.11. The predicted octanol–water partition coefficient (Wildman–Crippen LogP) is 4.43. The molecule has 0 aliphatic heterocycles. The largest absolute Gasteiger partial charge is 0.416 e. The number of carbonyl (C=O) groups is 1. The third-order valence-corrected chi connectivity index (χ3v) is 4.88. The topological polar surface area (TPSA) is 39.3 Å². The van der Waals surface area contributed by atoms with Crippen molar-refractivity contribution in [3.05, 3.63) is 52.4 Å². The zero-order chi connectivity index (χ0) is 20.9. The third kappa shape index (κ3) is 4.20. The Hall–Kier alpha value is -2.38. The van der Waals surface area contributed by atoms with Gasteiger partial charge in [-0.1, -0.05) is 20.8 Å². The Morgan fingerprint density at radius 3 is 2.36 bits per heavy atom. The number of carbonyl (C=O) groups excluding carboxylic acids is 1. The van der Waals surface area contributed by atoms with Crippen LogP contribution in [-0.4, -0.2) is 15.3 Å². The van der Waals surface area contributed by atoms with E-state index in [0.29, 0.717) is 36.1 Å². The second-order valence-corrected chi connectivity index (χ2v) is 8.30. The second-order valence-electron chi connectivity index (χ2n) is 8.30. The van der Waals surface area contributed by atoms with Gasteiger partial charge in [0.1, 0.15) is 5.82 Å². The van der Waals surface area contributed by atoms with Gasteiger partial charge in [0.05, 0.1) is 11.1 Å². The highest BCUT2D eigenvalue weighted by molar-refractivity contribution is 5.95. The van der Waals surface area contributed by atoms with Crippen molar-refractivity contribution in [1.82, 2.24) is 9.36 Å². The SMILES string of the molecule is Cn1c(C(C)(C)C)c/c(=N/C(=O)c2cc(C(F)(F)F)ccc2F)n1CC1CC1. The van der Waals surface area contributed by atoms with Gasteiger partial charge in [0.25, 0.3) is 5.91 Å². The number of nitrogens with zero attached hydrogens (tertiary/aromatic N) is 3. The number of halogens is 4. The monoisotopic (exact) mass is 397 g/mol. The molecule has 0 spiro atoms. The van der Waals surface area contributed by atoms with Crippen LogP contribution in [0.5, 0.6) is 0 Å². The second kappa shape index (κ2) is 6.90. The number of amides is 1. The molecule has 1 saturated carbocycles. The molecule has 1 heterocycles. The summed E-state index contributed by atoms with van der Waals surface area (Å²) in [5.41, 5.74) is -0.751. The lowest BCUT2D eigenvalue weighted by molar-refractivity contribution is -0.137. The van der Waals surface area contributed by atoms with Gasteiger partial charge in [0, 0.05) is 30.8 Å². The van der Waals surface area contributed by atoms with Crippen molar-refractivity contribution in [2.45, 2.75) is 51.7 Å². The van der Waals surface area contributed by atoms with E-state index in [-0.39, 0.29) is 5.41 Å². The molecule has 1 aliphatic carbocycles. The molecule has 152 valence electrons. The van der Waals surface area contributed by atoms with Crippen molar-refractivity contribution in [3.63, 3.8) is 0 Å². The average Bonchev–Trinajstić information content (AvgIpc) is 3.32. The smallest absolute Gasteiger partial charge is 0.291 e. The van der Waals surface area contributed by atoms with Crippen molar-refractivity contribution in [1.29, 1.82) is 0 Å². The van der Waals surface area contributed by atoms with E-state index < -0.39 is 29.0 Å². The fraction of sp³-hybridized carbons (Fsp3) is 0.500. The Bertz CT molecular complexity index is 973. The van der Waals surface area contributed by atoms with E-state index in [1.807, 2.05) is 37.2 Å². The first-order valence-electron chi connectivity index (χ1n) is 9.11. The zero-order valence-electron chi connectivity index (χ0n) is 16.3. The van der Waals surface area contributed by atoms with Gasteiger partial charge in [0.15, 0.2) is 5.49 Å². The van der Waals surface area contributed by atoms with Gasteiger partial charge in [-0.05, 0) is 37.0 Å². The molecule has 0 atom stereocenters. The molecular weight excluding hydrogens is 374 g/mol. The highest BCUT2D eigenvalue weighted by Crippen LogP contribution is 2.31. The standard InChI is InChI=1S/C20H23F4N3O/c1-19(2,3)16-10-17(27(26(16)4)11-12-5-6-12)25-18(28)14-9-13(20(22,23)24)7-8-15(14)21/h7-10,12H,5-6,11H2,1-4H3/b25-17-. The van der Waals surface area contributed by atoms with E-state index in [2.05, 4.69) is 4.99 Å². The van der Waals surface area contributed by atoms with Crippen molar-refractivity contribution in [2.24, 2.45) is 18.0 Å². The van der Waals surface area contributed by atoms with Gasteiger partial charge in [-0.15, -0.1) is 0 Å². The number of rotatable bonds is 3. The summed E-state index contributed by atoms with van der Waals surface area (Å²) < 4.78 is 56.5. The minimum absolute atomic E-state index is 0.224. The zero-order valence-corrected chi connectivity index (χ0v) is 16.3. The molecule has 0 N–H and O–H groups in total. The van der Waals surface area contributed by atoms with Crippen LogP contribution in [0.2, 0.25) is 0 Å². The lowest BCUT2D eigenvalue weighted by Gasteiger charge is -2.20.